The van der Waals surface area contributed by atoms with Crippen LogP contribution in [0.5, 0.6) is 0 Å². The second-order valence-corrected chi connectivity index (χ2v) is 6.56. The Morgan fingerprint density at radius 3 is 2.68 bits per heavy atom. The van der Waals surface area contributed by atoms with Crippen LogP contribution in [0.25, 0.3) is 5.65 Å². The minimum atomic E-state index is -0.498. The highest BCUT2D eigenvalue weighted by atomic mass is 35.5. The lowest BCUT2D eigenvalue weighted by Crippen LogP contribution is -2.26. The number of nitrogens with zero attached hydrogens (tertiary/aromatic N) is 2. The molecular weight excluding hydrogens is 382 g/mol. The summed E-state index contributed by atoms with van der Waals surface area (Å²) in [6.07, 6.45) is 0.00496. The number of hydrogen-bond acceptors (Lipinski definition) is 5. The summed E-state index contributed by atoms with van der Waals surface area (Å²) in [5.74, 6) is -0.799. The van der Waals surface area contributed by atoms with E-state index in [1.807, 2.05) is 13.0 Å². The van der Waals surface area contributed by atoms with E-state index >= 15 is 0 Å². The van der Waals surface area contributed by atoms with E-state index in [1.54, 1.807) is 36.4 Å². The summed E-state index contributed by atoms with van der Waals surface area (Å²) in [6, 6.07) is 13.1. The Bertz CT molecular complexity index is 1080. The summed E-state index contributed by atoms with van der Waals surface area (Å²) < 4.78 is 6.63. The number of carbonyl (C=O) groups excluding carboxylic acids is 2. The van der Waals surface area contributed by atoms with Crippen LogP contribution in [-0.4, -0.2) is 27.8 Å². The van der Waals surface area contributed by atoms with Crippen LogP contribution < -0.4 is 10.9 Å². The van der Waals surface area contributed by atoms with Crippen LogP contribution in [0, 0.1) is 6.92 Å². The molecule has 1 amide bonds. The molecule has 144 valence electrons. The topological polar surface area (TPSA) is 89.8 Å². The van der Waals surface area contributed by atoms with Gasteiger partial charge in [-0.3, -0.25) is 18.8 Å². The van der Waals surface area contributed by atoms with Crippen molar-refractivity contribution < 1.29 is 14.3 Å². The highest BCUT2D eigenvalue weighted by molar-refractivity contribution is 6.30. The van der Waals surface area contributed by atoms with Crippen LogP contribution in [0.4, 0.5) is 0 Å². The molecule has 3 aromatic rings. The summed E-state index contributed by atoms with van der Waals surface area (Å²) in [4.78, 5) is 40.4. The minimum Gasteiger partial charge on any atom is -0.459 e. The molecule has 28 heavy (non-hydrogen) atoms. The first kappa shape index (κ1) is 19.6. The highest BCUT2D eigenvalue weighted by Gasteiger charge is 2.09. The van der Waals surface area contributed by atoms with Gasteiger partial charge in [0.2, 0.25) is 0 Å². The van der Waals surface area contributed by atoms with Crippen molar-refractivity contribution in [3.63, 3.8) is 0 Å². The van der Waals surface area contributed by atoms with Crippen LogP contribution in [0.15, 0.2) is 53.3 Å². The molecule has 0 saturated carbocycles. The second-order valence-electron chi connectivity index (χ2n) is 6.12. The van der Waals surface area contributed by atoms with Gasteiger partial charge in [0.1, 0.15) is 12.3 Å². The maximum atomic E-state index is 12.2. The Morgan fingerprint density at radius 2 is 1.93 bits per heavy atom. The molecule has 2 aromatic heterocycles. The maximum absolute atomic E-state index is 12.2. The number of benzene rings is 1. The van der Waals surface area contributed by atoms with Gasteiger partial charge in [-0.15, -0.1) is 0 Å². The number of fused-ring (bicyclic) bond motifs is 1. The van der Waals surface area contributed by atoms with E-state index in [1.165, 1.54) is 10.5 Å². The predicted molar refractivity (Wildman–Crippen MR) is 104 cm³/mol. The van der Waals surface area contributed by atoms with Crippen molar-refractivity contribution in [3.8, 4) is 0 Å². The van der Waals surface area contributed by atoms with Gasteiger partial charge in [-0.1, -0.05) is 17.7 Å². The zero-order chi connectivity index (χ0) is 20.1. The largest absolute Gasteiger partial charge is 0.459 e. The number of halogens is 1. The molecule has 0 aliphatic heterocycles. The van der Waals surface area contributed by atoms with Gasteiger partial charge in [0, 0.05) is 28.9 Å². The summed E-state index contributed by atoms with van der Waals surface area (Å²) >= 11 is 5.78. The monoisotopic (exact) mass is 399 g/mol. The quantitative estimate of drug-likeness (QED) is 0.643. The third-order valence-corrected chi connectivity index (χ3v) is 4.29. The molecule has 0 fully saturated rings. The van der Waals surface area contributed by atoms with Crippen LogP contribution in [0.2, 0.25) is 5.02 Å². The first-order valence-corrected chi connectivity index (χ1v) is 8.99. The fourth-order valence-electron chi connectivity index (χ4n) is 2.65. The van der Waals surface area contributed by atoms with E-state index in [-0.39, 0.29) is 31.0 Å². The average Bonchev–Trinajstić information content (AvgIpc) is 2.66. The van der Waals surface area contributed by atoms with Crippen molar-refractivity contribution in [3.05, 3.63) is 80.9 Å². The minimum absolute atomic E-state index is 0.00496. The number of amides is 1. The Morgan fingerprint density at radius 1 is 1.18 bits per heavy atom. The first-order valence-electron chi connectivity index (χ1n) is 8.62. The number of hydrogen-bond donors (Lipinski definition) is 1. The fraction of sp³-hybridized carbons (Fsp3) is 0.200. The molecule has 0 spiro atoms. The lowest BCUT2D eigenvalue weighted by molar-refractivity contribution is -0.144. The third kappa shape index (κ3) is 4.75. The van der Waals surface area contributed by atoms with E-state index in [9.17, 15) is 14.4 Å². The molecule has 0 radical (unpaired) electrons. The standard InChI is InChI=1S/C20H18ClN3O4/c1-13-3-2-4-17-23-16(11-18(25)24(13)17)12-28-19(26)9-10-22-20(27)14-5-7-15(21)8-6-14/h2-8,11H,9-10,12H2,1H3,(H,22,27). The Labute approximate surface area is 165 Å². The molecule has 7 nitrogen and oxygen atoms in total. The Kier molecular flexibility index (Phi) is 6.06. The molecule has 1 aromatic carbocycles. The summed E-state index contributed by atoms with van der Waals surface area (Å²) in [5.41, 5.74) is 1.86. The maximum Gasteiger partial charge on any atom is 0.307 e. The van der Waals surface area contributed by atoms with Gasteiger partial charge < -0.3 is 10.1 Å². The molecule has 2 heterocycles. The van der Waals surface area contributed by atoms with Crippen molar-refractivity contribution in [1.29, 1.82) is 0 Å². The lowest BCUT2D eigenvalue weighted by atomic mass is 10.2. The molecule has 1 N–H and O–H groups in total. The normalized spacial score (nSPS) is 10.6. The van der Waals surface area contributed by atoms with E-state index in [0.717, 1.165) is 5.69 Å². The van der Waals surface area contributed by atoms with Crippen molar-refractivity contribution in [2.24, 2.45) is 0 Å². The fourth-order valence-corrected chi connectivity index (χ4v) is 2.77. The lowest BCUT2D eigenvalue weighted by Gasteiger charge is -2.08. The smallest absolute Gasteiger partial charge is 0.307 e. The molecule has 8 heteroatoms. The number of pyridine rings is 1. The highest BCUT2D eigenvalue weighted by Crippen LogP contribution is 2.09. The van der Waals surface area contributed by atoms with Gasteiger partial charge in [-0.05, 0) is 43.3 Å². The van der Waals surface area contributed by atoms with Gasteiger partial charge in [0.05, 0.1) is 12.1 Å². The number of aromatic nitrogens is 2. The SMILES string of the molecule is Cc1cccc2nc(COC(=O)CCNC(=O)c3ccc(Cl)cc3)cc(=O)n12. The molecule has 0 aliphatic carbocycles. The Hall–Kier alpha value is -3.19. The second kappa shape index (κ2) is 8.67. The summed E-state index contributed by atoms with van der Waals surface area (Å²) in [6.45, 7) is 1.84. The number of nitrogens with one attached hydrogen (secondary N) is 1. The molecule has 0 aliphatic rings. The third-order valence-electron chi connectivity index (χ3n) is 4.04. The first-order chi connectivity index (χ1) is 13.4. The van der Waals surface area contributed by atoms with Gasteiger partial charge >= 0.3 is 5.97 Å². The zero-order valence-electron chi connectivity index (χ0n) is 15.1. The Balaban J connectivity index is 1.50. The average molecular weight is 400 g/mol. The van der Waals surface area contributed by atoms with Gasteiger partial charge in [0.15, 0.2) is 0 Å². The van der Waals surface area contributed by atoms with Crippen molar-refractivity contribution in [2.45, 2.75) is 20.0 Å². The number of rotatable bonds is 6. The molecule has 0 saturated heterocycles. The van der Waals surface area contributed by atoms with Gasteiger partial charge in [-0.25, -0.2) is 4.98 Å². The van der Waals surface area contributed by atoms with Crippen LogP contribution in [0.3, 0.4) is 0 Å². The zero-order valence-corrected chi connectivity index (χ0v) is 15.9. The van der Waals surface area contributed by atoms with Gasteiger partial charge in [-0.2, -0.15) is 0 Å². The predicted octanol–water partition coefficient (Wildman–Crippen LogP) is 2.52. The number of carbonyl (C=O) groups is 2. The van der Waals surface area contributed by atoms with E-state index in [4.69, 9.17) is 16.3 Å². The molecule has 0 bridgehead atoms. The van der Waals surface area contributed by atoms with Gasteiger partial charge in [0.25, 0.3) is 11.5 Å². The van der Waals surface area contributed by atoms with Crippen LogP contribution >= 0.6 is 11.6 Å². The van der Waals surface area contributed by atoms with Crippen molar-refractivity contribution in [2.75, 3.05) is 6.54 Å². The van der Waals surface area contributed by atoms with Crippen molar-refractivity contribution >= 4 is 29.1 Å². The van der Waals surface area contributed by atoms with E-state index in [0.29, 0.717) is 21.9 Å². The number of ether oxygens (including phenoxy) is 1. The number of esters is 1. The summed E-state index contributed by atoms with van der Waals surface area (Å²) in [7, 11) is 0. The molecule has 0 unspecified atom stereocenters. The molecule has 3 rings (SSSR count). The van der Waals surface area contributed by atoms with E-state index < -0.39 is 5.97 Å². The number of aryl methyl sites for hydroxylation is 1. The molecule has 0 atom stereocenters. The van der Waals surface area contributed by atoms with Crippen molar-refractivity contribution in [1.82, 2.24) is 14.7 Å². The van der Waals surface area contributed by atoms with E-state index in [2.05, 4.69) is 10.3 Å². The summed E-state index contributed by atoms with van der Waals surface area (Å²) in [5, 5.41) is 3.17. The molecular formula is C20H18ClN3O4. The van der Waals surface area contributed by atoms with Crippen LogP contribution in [0.1, 0.15) is 28.2 Å². The van der Waals surface area contributed by atoms with Crippen LogP contribution in [-0.2, 0) is 16.1 Å².